The second kappa shape index (κ2) is 5.96. The van der Waals surface area contributed by atoms with Gasteiger partial charge in [0.1, 0.15) is 13.2 Å². The van der Waals surface area contributed by atoms with Gasteiger partial charge in [-0.25, -0.2) is 0 Å². The van der Waals surface area contributed by atoms with Crippen molar-refractivity contribution in [3.8, 4) is 0 Å². The molecular weight excluding hydrogens is 208 g/mol. The number of carbonyl (C=O) groups excluding carboxylic acids is 2. The molecule has 2 amide bonds. The molecule has 1 N–H and O–H groups in total. The minimum absolute atomic E-state index is 0.0165. The summed E-state index contributed by atoms with van der Waals surface area (Å²) in [6.07, 6.45) is 1.01. The van der Waals surface area contributed by atoms with Crippen molar-refractivity contribution in [3.05, 3.63) is 0 Å². The second-order valence-corrected chi connectivity index (χ2v) is 4.17. The van der Waals surface area contributed by atoms with E-state index in [-0.39, 0.29) is 31.1 Å². The van der Waals surface area contributed by atoms with Gasteiger partial charge in [0, 0.05) is 12.6 Å². The molecule has 1 saturated heterocycles. The predicted molar refractivity (Wildman–Crippen MR) is 59.8 cm³/mol. The Morgan fingerprint density at radius 3 is 2.38 bits per heavy atom. The summed E-state index contributed by atoms with van der Waals surface area (Å²) in [5, 5.41) is 3.15. The normalized spacial score (nSPS) is 21.1. The van der Waals surface area contributed by atoms with Gasteiger partial charge in [-0.1, -0.05) is 20.3 Å². The van der Waals surface area contributed by atoms with Crippen molar-refractivity contribution in [3.63, 3.8) is 0 Å². The number of nitrogens with zero attached hydrogens (tertiary/aromatic N) is 1. The molecule has 0 aromatic rings. The average molecular weight is 228 g/mol. The Morgan fingerprint density at radius 1 is 1.38 bits per heavy atom. The first-order valence-corrected chi connectivity index (χ1v) is 5.68. The molecule has 0 radical (unpaired) electrons. The maximum absolute atomic E-state index is 11.5. The average Bonchev–Trinajstić information content (AvgIpc) is 2.28. The highest BCUT2D eigenvalue weighted by Crippen LogP contribution is 2.11. The first kappa shape index (κ1) is 13.1. The Kier molecular flexibility index (Phi) is 4.89. The fraction of sp³-hybridized carbons (Fsp3) is 0.818. The van der Waals surface area contributed by atoms with E-state index in [4.69, 9.17) is 4.74 Å². The van der Waals surface area contributed by atoms with Crippen LogP contribution in [0.3, 0.4) is 0 Å². The van der Waals surface area contributed by atoms with E-state index in [1.54, 1.807) is 0 Å². The summed E-state index contributed by atoms with van der Waals surface area (Å²) < 4.78 is 4.87. The maximum atomic E-state index is 11.5. The largest absolute Gasteiger partial charge is 0.362 e. The van der Waals surface area contributed by atoms with Gasteiger partial charge in [-0.2, -0.15) is 0 Å². The number of amides is 2. The van der Waals surface area contributed by atoms with Gasteiger partial charge in [0.2, 0.25) is 0 Å². The molecule has 0 aliphatic carbocycles. The van der Waals surface area contributed by atoms with Gasteiger partial charge < -0.3 is 10.1 Å². The van der Waals surface area contributed by atoms with Crippen LogP contribution in [0.2, 0.25) is 0 Å². The van der Waals surface area contributed by atoms with Crippen LogP contribution in [0.25, 0.3) is 0 Å². The second-order valence-electron chi connectivity index (χ2n) is 4.17. The summed E-state index contributed by atoms with van der Waals surface area (Å²) in [4.78, 5) is 24.3. The zero-order chi connectivity index (χ0) is 12.1. The molecule has 1 rings (SSSR count). The summed E-state index contributed by atoms with van der Waals surface area (Å²) in [5.41, 5.74) is 0. The number of hydrogen-bond acceptors (Lipinski definition) is 4. The van der Waals surface area contributed by atoms with Gasteiger partial charge >= 0.3 is 0 Å². The molecule has 1 aliphatic rings. The highest BCUT2D eigenvalue weighted by Gasteiger charge is 2.29. The molecule has 0 spiro atoms. The summed E-state index contributed by atoms with van der Waals surface area (Å²) in [5.74, 6) is -0.0481. The third-order valence-corrected chi connectivity index (χ3v) is 3.13. The zero-order valence-corrected chi connectivity index (χ0v) is 10.2. The maximum Gasteiger partial charge on any atom is 0.255 e. The lowest BCUT2D eigenvalue weighted by Gasteiger charge is -2.31. The summed E-state index contributed by atoms with van der Waals surface area (Å²) in [6.45, 7) is 4.67. The Hall–Kier alpha value is -0.940. The molecule has 0 saturated carbocycles. The van der Waals surface area contributed by atoms with Crippen LogP contribution in [0.15, 0.2) is 0 Å². The van der Waals surface area contributed by atoms with Crippen LogP contribution in [-0.2, 0) is 14.3 Å². The number of hydrogen-bond donors (Lipinski definition) is 1. The molecule has 1 fully saturated rings. The van der Waals surface area contributed by atoms with Crippen LogP contribution in [0.4, 0.5) is 0 Å². The number of rotatable bonds is 5. The Labute approximate surface area is 96.1 Å². The highest BCUT2D eigenvalue weighted by atomic mass is 16.5. The first-order valence-electron chi connectivity index (χ1n) is 5.68. The summed E-state index contributed by atoms with van der Waals surface area (Å²) in [7, 11) is 1.85. The molecule has 92 valence electrons. The standard InChI is InChI=1S/C11H20N2O3/c1-4-8(2)9(12-3)5-13-10(14)6-16-7-11(13)15/h8-9,12H,4-7H2,1-3H3. The van der Waals surface area contributed by atoms with Crippen LogP contribution in [-0.4, -0.2) is 49.6 Å². The molecule has 16 heavy (non-hydrogen) atoms. The van der Waals surface area contributed by atoms with Crippen LogP contribution >= 0.6 is 0 Å². The van der Waals surface area contributed by atoms with E-state index < -0.39 is 0 Å². The molecule has 1 heterocycles. The van der Waals surface area contributed by atoms with Crippen LogP contribution in [0.5, 0.6) is 0 Å². The van der Waals surface area contributed by atoms with Crippen molar-refractivity contribution in [2.75, 3.05) is 26.8 Å². The number of nitrogens with one attached hydrogen (secondary N) is 1. The lowest BCUT2D eigenvalue weighted by Crippen LogP contribution is -2.52. The fourth-order valence-corrected chi connectivity index (χ4v) is 1.76. The monoisotopic (exact) mass is 228 g/mol. The van der Waals surface area contributed by atoms with E-state index in [0.29, 0.717) is 12.5 Å². The molecule has 5 heteroatoms. The third kappa shape index (κ3) is 3.02. The predicted octanol–water partition coefficient (Wildman–Crippen LogP) is 0.00590. The summed E-state index contributed by atoms with van der Waals surface area (Å²) in [6, 6.07) is 0.149. The minimum Gasteiger partial charge on any atom is -0.362 e. The van der Waals surface area contributed by atoms with E-state index in [2.05, 4.69) is 19.2 Å². The van der Waals surface area contributed by atoms with E-state index >= 15 is 0 Å². The van der Waals surface area contributed by atoms with Gasteiger partial charge in [-0.15, -0.1) is 0 Å². The zero-order valence-electron chi connectivity index (χ0n) is 10.2. The van der Waals surface area contributed by atoms with Crippen molar-refractivity contribution in [1.82, 2.24) is 10.2 Å². The first-order chi connectivity index (χ1) is 7.60. The number of imide groups is 1. The number of morpholine rings is 1. The quantitative estimate of drug-likeness (QED) is 0.673. The van der Waals surface area contributed by atoms with Gasteiger partial charge in [-0.3, -0.25) is 14.5 Å². The van der Waals surface area contributed by atoms with E-state index in [1.165, 1.54) is 4.90 Å². The number of ether oxygens (including phenoxy) is 1. The van der Waals surface area contributed by atoms with Gasteiger partial charge in [0.25, 0.3) is 11.8 Å². The molecule has 5 nitrogen and oxygen atoms in total. The molecule has 2 unspecified atom stereocenters. The van der Waals surface area contributed by atoms with E-state index in [1.807, 2.05) is 7.05 Å². The van der Waals surface area contributed by atoms with Gasteiger partial charge in [0.05, 0.1) is 0 Å². The Bertz CT molecular complexity index is 252. The van der Waals surface area contributed by atoms with Crippen LogP contribution < -0.4 is 5.32 Å². The Morgan fingerprint density at radius 2 is 1.94 bits per heavy atom. The lowest BCUT2D eigenvalue weighted by molar-refractivity contribution is -0.159. The fourth-order valence-electron chi connectivity index (χ4n) is 1.76. The minimum atomic E-state index is -0.236. The van der Waals surface area contributed by atoms with Crippen molar-refractivity contribution in [2.24, 2.45) is 5.92 Å². The number of carbonyl (C=O) groups is 2. The Balaban J connectivity index is 2.62. The van der Waals surface area contributed by atoms with Crippen molar-refractivity contribution < 1.29 is 14.3 Å². The molecule has 0 bridgehead atoms. The lowest BCUT2D eigenvalue weighted by atomic mass is 9.98. The third-order valence-electron chi connectivity index (χ3n) is 3.13. The van der Waals surface area contributed by atoms with Crippen molar-refractivity contribution in [2.45, 2.75) is 26.3 Å². The van der Waals surface area contributed by atoms with Crippen LogP contribution in [0.1, 0.15) is 20.3 Å². The molecule has 1 aliphatic heterocycles. The van der Waals surface area contributed by atoms with E-state index in [0.717, 1.165) is 6.42 Å². The topological polar surface area (TPSA) is 58.6 Å². The smallest absolute Gasteiger partial charge is 0.255 e. The number of likely N-dealkylation sites (N-methyl/N-ethyl adjacent to an activating group) is 1. The molecule has 2 atom stereocenters. The van der Waals surface area contributed by atoms with E-state index in [9.17, 15) is 9.59 Å². The SMILES string of the molecule is CCC(C)C(CN1C(=O)COCC1=O)NC. The molecular formula is C11H20N2O3. The van der Waals surface area contributed by atoms with Gasteiger partial charge in [-0.05, 0) is 13.0 Å². The van der Waals surface area contributed by atoms with Crippen molar-refractivity contribution >= 4 is 11.8 Å². The highest BCUT2D eigenvalue weighted by molar-refractivity contribution is 5.98. The van der Waals surface area contributed by atoms with Gasteiger partial charge in [0.15, 0.2) is 0 Å². The van der Waals surface area contributed by atoms with Crippen molar-refractivity contribution in [1.29, 1.82) is 0 Å². The van der Waals surface area contributed by atoms with Crippen LogP contribution in [0, 0.1) is 5.92 Å². The summed E-state index contributed by atoms with van der Waals surface area (Å²) >= 11 is 0. The molecule has 0 aromatic heterocycles. The molecule has 0 aromatic carbocycles.